The number of hydrogen-bond donors (Lipinski definition) is 2. The van der Waals surface area contributed by atoms with Gasteiger partial charge in [-0.05, 0) is 38.5 Å². The first kappa shape index (κ1) is 18.5. The predicted molar refractivity (Wildman–Crippen MR) is 89.8 cm³/mol. The molecule has 2 aliphatic rings. The summed E-state index contributed by atoms with van der Waals surface area (Å²) < 4.78 is 5.76. The normalized spacial score (nSPS) is 40.2. The maximum absolute atomic E-state index is 12.7. The van der Waals surface area contributed by atoms with Gasteiger partial charge in [0, 0.05) is 19.3 Å². The molecule has 0 heterocycles. The van der Waals surface area contributed by atoms with Gasteiger partial charge in [0.1, 0.15) is 6.10 Å². The largest absolute Gasteiger partial charge is 0.461 e. The van der Waals surface area contributed by atoms with Crippen molar-refractivity contribution in [1.29, 1.82) is 0 Å². The van der Waals surface area contributed by atoms with Gasteiger partial charge in [-0.1, -0.05) is 32.9 Å². The summed E-state index contributed by atoms with van der Waals surface area (Å²) in [6.07, 6.45) is 5.93. The average molecular weight is 324 g/mol. The molecule has 2 N–H and O–H groups in total. The Morgan fingerprint density at radius 2 is 1.74 bits per heavy atom. The molecular weight excluding hydrogens is 292 g/mol. The van der Waals surface area contributed by atoms with Crippen molar-refractivity contribution in [3.63, 3.8) is 0 Å². The zero-order valence-electron chi connectivity index (χ0n) is 15.1. The molecule has 3 unspecified atom stereocenters. The first-order valence-electron chi connectivity index (χ1n) is 8.82. The molecule has 0 aromatic heterocycles. The van der Waals surface area contributed by atoms with Crippen molar-refractivity contribution in [1.82, 2.24) is 0 Å². The minimum atomic E-state index is -0.912. The first-order chi connectivity index (χ1) is 10.5. The van der Waals surface area contributed by atoms with Crippen LogP contribution in [-0.4, -0.2) is 33.5 Å². The summed E-state index contributed by atoms with van der Waals surface area (Å²) in [5.74, 6) is 0.135. The van der Waals surface area contributed by atoms with Crippen molar-refractivity contribution in [2.45, 2.75) is 84.0 Å². The van der Waals surface area contributed by atoms with Crippen LogP contribution in [0.4, 0.5) is 0 Å². The summed E-state index contributed by atoms with van der Waals surface area (Å²) >= 11 is 0. The van der Waals surface area contributed by atoms with E-state index in [-0.39, 0.29) is 11.9 Å². The summed E-state index contributed by atoms with van der Waals surface area (Å²) in [7, 11) is 0. The smallest absolute Gasteiger partial charge is 0.316 e. The lowest BCUT2D eigenvalue weighted by Gasteiger charge is -2.51. The standard InChI is InChI=1S/C19H32O4/c1-6-7-17(5,13(2)3)16(20)23-15-10-18(21)8-14(4)9-19(22,11-15)12-18/h6-7,13-15,21-22H,8-12H2,1-5H3/b7-6-. The number of allylic oxidation sites excluding steroid dienone is 1. The number of esters is 1. The number of ether oxygens (including phenoxy) is 1. The van der Waals surface area contributed by atoms with Crippen LogP contribution < -0.4 is 0 Å². The molecule has 0 aliphatic heterocycles. The quantitative estimate of drug-likeness (QED) is 0.615. The first-order valence-corrected chi connectivity index (χ1v) is 8.82. The van der Waals surface area contributed by atoms with E-state index >= 15 is 0 Å². The number of rotatable bonds is 4. The number of carbonyl (C=O) groups is 1. The third kappa shape index (κ3) is 3.80. The molecule has 132 valence electrons. The van der Waals surface area contributed by atoms with Crippen LogP contribution in [0.1, 0.15) is 66.7 Å². The maximum Gasteiger partial charge on any atom is 0.316 e. The van der Waals surface area contributed by atoms with Gasteiger partial charge in [0.25, 0.3) is 0 Å². The summed E-state index contributed by atoms with van der Waals surface area (Å²) in [5, 5.41) is 21.5. The van der Waals surface area contributed by atoms with Crippen molar-refractivity contribution in [2.75, 3.05) is 0 Å². The van der Waals surface area contributed by atoms with E-state index in [0.29, 0.717) is 38.0 Å². The summed E-state index contributed by atoms with van der Waals surface area (Å²) in [5.41, 5.74) is -2.51. The van der Waals surface area contributed by atoms with Crippen molar-refractivity contribution in [3.8, 4) is 0 Å². The van der Waals surface area contributed by atoms with Crippen LogP contribution >= 0.6 is 0 Å². The Morgan fingerprint density at radius 3 is 2.17 bits per heavy atom. The Balaban J connectivity index is 2.13. The van der Waals surface area contributed by atoms with Crippen LogP contribution in [0.25, 0.3) is 0 Å². The Hall–Kier alpha value is -0.870. The van der Waals surface area contributed by atoms with Gasteiger partial charge in [-0.25, -0.2) is 0 Å². The second-order valence-electron chi connectivity index (χ2n) is 8.51. The molecular formula is C19H32O4. The Labute approximate surface area is 139 Å². The number of hydrogen-bond acceptors (Lipinski definition) is 4. The van der Waals surface area contributed by atoms with Crippen molar-refractivity contribution < 1.29 is 19.7 Å². The third-order valence-electron chi connectivity index (χ3n) is 5.76. The monoisotopic (exact) mass is 324 g/mol. The SMILES string of the molecule is C/C=C\C(C)(C(=O)OC1CC2(O)CC(C)CC(O)(C1)C2)C(C)C. The molecule has 2 saturated carbocycles. The summed E-state index contributed by atoms with van der Waals surface area (Å²) in [6, 6.07) is 0. The zero-order chi connectivity index (χ0) is 17.5. The molecule has 2 rings (SSSR count). The van der Waals surface area contributed by atoms with Gasteiger partial charge in [-0.15, -0.1) is 0 Å². The molecule has 23 heavy (non-hydrogen) atoms. The van der Waals surface area contributed by atoms with Gasteiger partial charge in [-0.2, -0.15) is 0 Å². The van der Waals surface area contributed by atoms with Gasteiger partial charge in [-0.3, -0.25) is 4.79 Å². The van der Waals surface area contributed by atoms with Gasteiger partial charge in [0.15, 0.2) is 0 Å². The second kappa shape index (κ2) is 6.21. The van der Waals surface area contributed by atoms with E-state index in [9.17, 15) is 15.0 Å². The Kier molecular flexibility index (Phi) is 4.99. The predicted octanol–water partition coefficient (Wildman–Crippen LogP) is 3.21. The van der Waals surface area contributed by atoms with E-state index in [1.807, 2.05) is 39.8 Å². The maximum atomic E-state index is 12.7. The molecule has 0 spiro atoms. The van der Waals surface area contributed by atoms with Gasteiger partial charge in [0.2, 0.25) is 0 Å². The highest BCUT2D eigenvalue weighted by Gasteiger charge is 2.53. The molecule has 0 saturated heterocycles. The Morgan fingerprint density at radius 1 is 1.22 bits per heavy atom. The fraction of sp³-hybridized carbons (Fsp3) is 0.842. The molecule has 0 aromatic rings. The topological polar surface area (TPSA) is 66.8 Å². The number of aliphatic hydroxyl groups is 2. The van der Waals surface area contributed by atoms with Crippen LogP contribution in [-0.2, 0) is 9.53 Å². The van der Waals surface area contributed by atoms with Crippen LogP contribution in [0.3, 0.4) is 0 Å². The highest BCUT2D eigenvalue weighted by Crippen LogP contribution is 2.48. The molecule has 0 radical (unpaired) electrons. The van der Waals surface area contributed by atoms with E-state index in [2.05, 4.69) is 6.92 Å². The lowest BCUT2D eigenvalue weighted by Crippen LogP contribution is -2.57. The van der Waals surface area contributed by atoms with Crippen molar-refractivity contribution in [3.05, 3.63) is 12.2 Å². The molecule has 2 aliphatic carbocycles. The third-order valence-corrected chi connectivity index (χ3v) is 5.76. The highest BCUT2D eigenvalue weighted by molar-refractivity contribution is 5.79. The number of fused-ring (bicyclic) bond motifs is 2. The minimum Gasteiger partial charge on any atom is -0.461 e. The van der Waals surface area contributed by atoms with Gasteiger partial charge in [0.05, 0.1) is 16.6 Å². The fourth-order valence-electron chi connectivity index (χ4n) is 4.56. The summed E-state index contributed by atoms with van der Waals surface area (Å²) in [4.78, 5) is 12.7. The molecule has 0 aromatic carbocycles. The van der Waals surface area contributed by atoms with Crippen LogP contribution in [0.15, 0.2) is 12.2 Å². The van der Waals surface area contributed by atoms with Crippen LogP contribution in [0.5, 0.6) is 0 Å². The van der Waals surface area contributed by atoms with Gasteiger partial charge < -0.3 is 14.9 Å². The molecule has 4 heteroatoms. The molecule has 2 bridgehead atoms. The van der Waals surface area contributed by atoms with Crippen LogP contribution in [0.2, 0.25) is 0 Å². The lowest BCUT2D eigenvalue weighted by molar-refractivity contribution is -0.198. The lowest BCUT2D eigenvalue weighted by atomic mass is 9.62. The molecule has 3 atom stereocenters. The van der Waals surface area contributed by atoms with E-state index in [1.54, 1.807) is 0 Å². The minimum absolute atomic E-state index is 0.112. The number of carbonyl (C=O) groups excluding carboxylic acids is 1. The zero-order valence-corrected chi connectivity index (χ0v) is 15.1. The molecule has 4 nitrogen and oxygen atoms in total. The van der Waals surface area contributed by atoms with Crippen molar-refractivity contribution >= 4 is 5.97 Å². The van der Waals surface area contributed by atoms with Gasteiger partial charge >= 0.3 is 5.97 Å². The van der Waals surface area contributed by atoms with Crippen molar-refractivity contribution in [2.24, 2.45) is 17.3 Å². The van der Waals surface area contributed by atoms with E-state index < -0.39 is 22.7 Å². The Bertz CT molecular complexity index is 466. The molecule has 2 fully saturated rings. The fourth-order valence-corrected chi connectivity index (χ4v) is 4.56. The summed E-state index contributed by atoms with van der Waals surface area (Å²) in [6.45, 7) is 9.84. The molecule has 0 amide bonds. The van der Waals surface area contributed by atoms with Crippen LogP contribution in [0, 0.1) is 17.3 Å². The van der Waals surface area contributed by atoms with E-state index in [1.165, 1.54) is 0 Å². The highest BCUT2D eigenvalue weighted by atomic mass is 16.5. The van der Waals surface area contributed by atoms with E-state index in [0.717, 1.165) is 0 Å². The second-order valence-corrected chi connectivity index (χ2v) is 8.51. The average Bonchev–Trinajstić information content (AvgIpc) is 2.34. The van der Waals surface area contributed by atoms with E-state index in [4.69, 9.17) is 4.74 Å².